The summed E-state index contributed by atoms with van der Waals surface area (Å²) in [5.74, 6) is 0.245. The summed E-state index contributed by atoms with van der Waals surface area (Å²) >= 11 is 0. The number of nitrogens with zero attached hydrogens (tertiary/aromatic N) is 2. The van der Waals surface area contributed by atoms with E-state index in [0.717, 1.165) is 24.3 Å². The van der Waals surface area contributed by atoms with Crippen molar-refractivity contribution >= 4 is 11.7 Å². The molecule has 27 heavy (non-hydrogen) atoms. The van der Waals surface area contributed by atoms with Crippen LogP contribution in [0.25, 0.3) is 11.3 Å². The number of pyridine rings is 1. The second kappa shape index (κ2) is 9.48. The van der Waals surface area contributed by atoms with Crippen molar-refractivity contribution in [1.29, 1.82) is 0 Å². The van der Waals surface area contributed by atoms with Gasteiger partial charge in [0.2, 0.25) is 0 Å². The van der Waals surface area contributed by atoms with Gasteiger partial charge in [-0.1, -0.05) is 31.0 Å². The number of aliphatic hydroxyl groups excluding tert-OH is 1. The van der Waals surface area contributed by atoms with E-state index in [1.165, 1.54) is 25.7 Å². The molecule has 3 rings (SSSR count). The number of carbonyl (C=O) groups excluding carboxylic acids is 1. The van der Waals surface area contributed by atoms with Crippen LogP contribution >= 0.6 is 0 Å². The van der Waals surface area contributed by atoms with Crippen molar-refractivity contribution in [2.24, 2.45) is 0 Å². The number of benzene rings is 1. The number of carbonyl (C=O) groups is 1. The quantitative estimate of drug-likeness (QED) is 0.728. The molecule has 0 bridgehead atoms. The van der Waals surface area contributed by atoms with Gasteiger partial charge in [-0.25, -0.2) is 4.98 Å². The maximum Gasteiger partial charge on any atom is 0.251 e. The fourth-order valence-corrected chi connectivity index (χ4v) is 3.43. The Morgan fingerprint density at radius 1 is 1.15 bits per heavy atom. The lowest BCUT2D eigenvalue weighted by molar-refractivity contribution is 0.0862. The van der Waals surface area contributed by atoms with E-state index in [9.17, 15) is 9.90 Å². The number of anilines is 1. The highest BCUT2D eigenvalue weighted by Crippen LogP contribution is 2.19. The Kier molecular flexibility index (Phi) is 6.79. The fraction of sp³-hybridized carbons (Fsp3) is 0.429. The van der Waals surface area contributed by atoms with Gasteiger partial charge < -0.3 is 21.1 Å². The molecule has 6 nitrogen and oxygen atoms in total. The molecule has 2 aromatic rings. The summed E-state index contributed by atoms with van der Waals surface area (Å²) in [5, 5.41) is 13.1. The molecule has 0 saturated carbocycles. The van der Waals surface area contributed by atoms with Gasteiger partial charge >= 0.3 is 0 Å². The molecular formula is C21H28N4O2. The normalized spacial score (nSPS) is 16.5. The molecule has 144 valence electrons. The zero-order valence-electron chi connectivity index (χ0n) is 15.6. The summed E-state index contributed by atoms with van der Waals surface area (Å²) in [7, 11) is 0. The van der Waals surface area contributed by atoms with Crippen LogP contribution in [0.3, 0.4) is 0 Å². The largest absolute Gasteiger partial charge is 0.390 e. The van der Waals surface area contributed by atoms with Gasteiger partial charge in [0, 0.05) is 24.2 Å². The summed E-state index contributed by atoms with van der Waals surface area (Å²) in [6.45, 7) is 2.91. The molecule has 0 aliphatic carbocycles. The summed E-state index contributed by atoms with van der Waals surface area (Å²) in [6.07, 6.45) is 4.34. The SMILES string of the molecule is Nc1cccc(-c2cccc(C(=O)NC[C@@H](O)CN3CCCCCC3)c2)n1. The lowest BCUT2D eigenvalue weighted by atomic mass is 10.1. The first-order valence-corrected chi connectivity index (χ1v) is 9.63. The van der Waals surface area contributed by atoms with Crippen LogP contribution in [0.5, 0.6) is 0 Å². The highest BCUT2D eigenvalue weighted by molar-refractivity contribution is 5.95. The van der Waals surface area contributed by atoms with E-state index >= 15 is 0 Å². The molecule has 1 saturated heterocycles. The Labute approximate surface area is 160 Å². The van der Waals surface area contributed by atoms with Gasteiger partial charge in [0.05, 0.1) is 11.8 Å². The summed E-state index contributed by atoms with van der Waals surface area (Å²) < 4.78 is 0. The van der Waals surface area contributed by atoms with Crippen LogP contribution in [-0.4, -0.2) is 53.2 Å². The predicted molar refractivity (Wildman–Crippen MR) is 107 cm³/mol. The average Bonchev–Trinajstić information content (AvgIpc) is 2.95. The number of amides is 1. The van der Waals surface area contributed by atoms with Gasteiger partial charge in [-0.2, -0.15) is 0 Å². The minimum atomic E-state index is -0.564. The van der Waals surface area contributed by atoms with Gasteiger partial charge in [0.25, 0.3) is 5.91 Å². The number of nitrogens with two attached hydrogens (primary N) is 1. The Balaban J connectivity index is 1.55. The molecule has 4 N–H and O–H groups in total. The van der Waals surface area contributed by atoms with Crippen molar-refractivity contribution in [3.05, 3.63) is 48.0 Å². The van der Waals surface area contributed by atoms with Crippen molar-refractivity contribution in [1.82, 2.24) is 15.2 Å². The third kappa shape index (κ3) is 5.77. The van der Waals surface area contributed by atoms with Crippen molar-refractivity contribution < 1.29 is 9.90 Å². The van der Waals surface area contributed by atoms with E-state index in [4.69, 9.17) is 5.73 Å². The van der Waals surface area contributed by atoms with Crippen molar-refractivity contribution in [2.75, 3.05) is 31.9 Å². The minimum absolute atomic E-state index is 0.198. The van der Waals surface area contributed by atoms with Gasteiger partial charge in [-0.05, 0) is 50.2 Å². The number of nitrogens with one attached hydrogen (secondary N) is 1. The molecule has 0 radical (unpaired) electrons. The lowest BCUT2D eigenvalue weighted by Crippen LogP contribution is -2.40. The van der Waals surface area contributed by atoms with Crippen LogP contribution in [0.15, 0.2) is 42.5 Å². The van der Waals surface area contributed by atoms with E-state index in [0.29, 0.717) is 17.9 Å². The molecule has 1 aliphatic rings. The number of rotatable bonds is 6. The predicted octanol–water partition coefficient (Wildman–Crippen LogP) is 2.30. The van der Waals surface area contributed by atoms with E-state index in [1.54, 1.807) is 18.2 Å². The molecule has 1 amide bonds. The van der Waals surface area contributed by atoms with E-state index in [1.807, 2.05) is 24.3 Å². The number of nitrogen functional groups attached to an aromatic ring is 1. The molecular weight excluding hydrogens is 340 g/mol. The maximum absolute atomic E-state index is 12.5. The highest BCUT2D eigenvalue weighted by atomic mass is 16.3. The number of β-amino-alcohol motifs (C(OH)–C–C–N with tert-alkyl or cyclic N) is 1. The standard InChI is InChI=1S/C21H28N4O2/c22-20-10-6-9-19(24-20)16-7-5-8-17(13-16)21(27)23-14-18(26)15-25-11-3-1-2-4-12-25/h5-10,13,18,26H,1-4,11-12,14-15H2,(H2,22,24)(H,23,27)/t18-/m1/s1. The molecule has 2 heterocycles. The Morgan fingerprint density at radius 2 is 1.89 bits per heavy atom. The van der Waals surface area contributed by atoms with Crippen LogP contribution in [-0.2, 0) is 0 Å². The van der Waals surface area contributed by atoms with Gasteiger partial charge in [0.15, 0.2) is 0 Å². The third-order valence-corrected chi connectivity index (χ3v) is 4.86. The Morgan fingerprint density at radius 3 is 2.63 bits per heavy atom. The molecule has 0 spiro atoms. The summed E-state index contributed by atoms with van der Waals surface area (Å²) in [5.41, 5.74) is 7.84. The molecule has 1 aromatic heterocycles. The molecule has 6 heteroatoms. The van der Waals surface area contributed by atoms with Crippen LogP contribution in [0.4, 0.5) is 5.82 Å². The van der Waals surface area contributed by atoms with Crippen LogP contribution in [0.1, 0.15) is 36.0 Å². The first-order valence-electron chi connectivity index (χ1n) is 9.63. The zero-order valence-corrected chi connectivity index (χ0v) is 15.6. The van der Waals surface area contributed by atoms with Gasteiger partial charge in [0.1, 0.15) is 5.82 Å². The Bertz CT molecular complexity index is 757. The number of hydrogen-bond donors (Lipinski definition) is 3. The zero-order chi connectivity index (χ0) is 19.1. The molecule has 1 aromatic carbocycles. The third-order valence-electron chi connectivity index (χ3n) is 4.86. The van der Waals surface area contributed by atoms with Crippen LogP contribution in [0.2, 0.25) is 0 Å². The molecule has 1 aliphatic heterocycles. The number of hydrogen-bond acceptors (Lipinski definition) is 5. The lowest BCUT2D eigenvalue weighted by Gasteiger charge is -2.23. The minimum Gasteiger partial charge on any atom is -0.390 e. The molecule has 1 atom stereocenters. The fourth-order valence-electron chi connectivity index (χ4n) is 3.43. The second-order valence-corrected chi connectivity index (χ2v) is 7.11. The first-order chi connectivity index (χ1) is 13.1. The monoisotopic (exact) mass is 368 g/mol. The van der Waals surface area contributed by atoms with E-state index in [2.05, 4.69) is 15.2 Å². The van der Waals surface area contributed by atoms with Crippen molar-refractivity contribution in [3.8, 4) is 11.3 Å². The van der Waals surface area contributed by atoms with Crippen LogP contribution in [0, 0.1) is 0 Å². The van der Waals surface area contributed by atoms with E-state index in [-0.39, 0.29) is 12.5 Å². The van der Waals surface area contributed by atoms with Gasteiger partial charge in [-0.3, -0.25) is 4.79 Å². The smallest absolute Gasteiger partial charge is 0.251 e. The molecule has 1 fully saturated rings. The number of likely N-dealkylation sites (tertiary alicyclic amines) is 1. The topological polar surface area (TPSA) is 91.5 Å². The Hall–Kier alpha value is -2.44. The average molecular weight is 368 g/mol. The van der Waals surface area contributed by atoms with Crippen molar-refractivity contribution in [3.63, 3.8) is 0 Å². The number of aromatic nitrogens is 1. The number of aliphatic hydroxyl groups is 1. The van der Waals surface area contributed by atoms with Crippen molar-refractivity contribution in [2.45, 2.75) is 31.8 Å². The summed E-state index contributed by atoms with van der Waals surface area (Å²) in [4.78, 5) is 19.0. The highest BCUT2D eigenvalue weighted by Gasteiger charge is 2.15. The summed E-state index contributed by atoms with van der Waals surface area (Å²) in [6, 6.07) is 12.7. The van der Waals surface area contributed by atoms with Crippen LogP contribution < -0.4 is 11.1 Å². The first kappa shape index (κ1) is 19.3. The molecule has 0 unspecified atom stereocenters. The second-order valence-electron chi connectivity index (χ2n) is 7.11. The maximum atomic E-state index is 12.5. The van der Waals surface area contributed by atoms with E-state index < -0.39 is 6.10 Å². The van der Waals surface area contributed by atoms with Gasteiger partial charge in [-0.15, -0.1) is 0 Å².